The van der Waals surface area contributed by atoms with Gasteiger partial charge in [-0.2, -0.15) is 5.10 Å². The minimum absolute atomic E-state index is 0.0982. The van der Waals surface area contributed by atoms with Gasteiger partial charge in [-0.1, -0.05) is 42.0 Å². The van der Waals surface area contributed by atoms with Gasteiger partial charge in [0.1, 0.15) is 18.1 Å². The molecule has 1 fully saturated rings. The third-order valence-electron chi connectivity index (χ3n) is 4.98. The van der Waals surface area contributed by atoms with E-state index in [4.69, 9.17) is 9.47 Å². The van der Waals surface area contributed by atoms with Crippen LogP contribution in [0, 0.1) is 6.92 Å². The Hall–Kier alpha value is -2.42. The number of thioether (sulfide) groups is 2. The second-order valence-corrected chi connectivity index (χ2v) is 11.3. The van der Waals surface area contributed by atoms with Crippen molar-refractivity contribution in [1.29, 1.82) is 0 Å². The number of hydrazone groups is 1. The Kier molecular flexibility index (Phi) is 8.96. The first kappa shape index (κ1) is 24.7. The van der Waals surface area contributed by atoms with Crippen molar-refractivity contribution in [3.8, 4) is 11.5 Å². The summed E-state index contributed by atoms with van der Waals surface area (Å²) in [6.45, 7) is 2.45. The fraction of sp³-hybridized carbons (Fsp3) is 0.231. The van der Waals surface area contributed by atoms with E-state index in [1.807, 2.05) is 66.0 Å². The van der Waals surface area contributed by atoms with Gasteiger partial charge < -0.3 is 9.47 Å². The molecule has 1 aliphatic rings. The lowest BCUT2D eigenvalue weighted by Gasteiger charge is -2.10. The van der Waals surface area contributed by atoms with Crippen molar-refractivity contribution in [3.63, 3.8) is 0 Å². The van der Waals surface area contributed by atoms with Gasteiger partial charge in [0, 0.05) is 11.5 Å². The molecule has 3 aromatic carbocycles. The van der Waals surface area contributed by atoms with Gasteiger partial charge in [-0.15, -0.1) is 23.5 Å². The van der Waals surface area contributed by atoms with Crippen molar-refractivity contribution in [2.75, 3.05) is 18.1 Å². The fourth-order valence-corrected chi connectivity index (χ4v) is 6.68. The standard InChI is InChI=1S/C26H25BrN2O3S2/c1-18-3-2-4-20(13-18)16-32-24-10-5-19(14-23(24)27)15-28-29-25(30)17-31-22-8-6-21(7-9-22)26-33-11-12-34-26/h2-10,13-15,26H,11-12,16-17H2,1H3,(H,29,30)/b28-15-. The van der Waals surface area contributed by atoms with Crippen LogP contribution >= 0.6 is 39.5 Å². The fourth-order valence-electron chi connectivity index (χ4n) is 3.31. The Morgan fingerprint density at radius 1 is 1.09 bits per heavy atom. The molecule has 5 nitrogen and oxygen atoms in total. The number of carbonyl (C=O) groups is 1. The molecular formula is C26H25BrN2O3S2. The van der Waals surface area contributed by atoms with Gasteiger partial charge in [-0.3, -0.25) is 4.79 Å². The van der Waals surface area contributed by atoms with Crippen LogP contribution in [0.2, 0.25) is 0 Å². The number of rotatable bonds is 9. The van der Waals surface area contributed by atoms with E-state index in [1.165, 1.54) is 22.6 Å². The van der Waals surface area contributed by atoms with E-state index in [0.29, 0.717) is 16.9 Å². The molecule has 1 aliphatic heterocycles. The quantitative estimate of drug-likeness (QED) is 0.246. The van der Waals surface area contributed by atoms with Crippen LogP contribution in [-0.2, 0) is 11.4 Å². The maximum absolute atomic E-state index is 12.1. The average molecular weight is 558 g/mol. The summed E-state index contributed by atoms with van der Waals surface area (Å²) in [5.74, 6) is 3.47. The zero-order chi connectivity index (χ0) is 23.8. The number of ether oxygens (including phenoxy) is 2. The highest BCUT2D eigenvalue weighted by atomic mass is 79.9. The minimum atomic E-state index is -0.320. The van der Waals surface area contributed by atoms with Crippen molar-refractivity contribution in [2.45, 2.75) is 18.1 Å². The van der Waals surface area contributed by atoms with Crippen LogP contribution in [0.5, 0.6) is 11.5 Å². The monoisotopic (exact) mass is 556 g/mol. The molecule has 1 heterocycles. The number of nitrogens with zero attached hydrogens (tertiary/aromatic N) is 1. The first-order valence-corrected chi connectivity index (χ1v) is 13.7. The molecule has 0 aromatic heterocycles. The van der Waals surface area contributed by atoms with Gasteiger partial charge in [0.15, 0.2) is 6.61 Å². The molecule has 0 bridgehead atoms. The lowest BCUT2D eigenvalue weighted by Crippen LogP contribution is -2.24. The van der Waals surface area contributed by atoms with Crippen molar-refractivity contribution in [1.82, 2.24) is 5.43 Å². The van der Waals surface area contributed by atoms with Crippen molar-refractivity contribution in [3.05, 3.63) is 93.5 Å². The summed E-state index contributed by atoms with van der Waals surface area (Å²) < 4.78 is 12.8. The Morgan fingerprint density at radius 3 is 2.62 bits per heavy atom. The number of hydrogen-bond acceptors (Lipinski definition) is 6. The summed E-state index contributed by atoms with van der Waals surface area (Å²) in [4.78, 5) is 12.1. The Labute approximate surface area is 216 Å². The van der Waals surface area contributed by atoms with Gasteiger partial charge >= 0.3 is 0 Å². The molecule has 8 heteroatoms. The van der Waals surface area contributed by atoms with Gasteiger partial charge in [-0.25, -0.2) is 5.43 Å². The van der Waals surface area contributed by atoms with Gasteiger partial charge in [0.05, 0.1) is 15.3 Å². The van der Waals surface area contributed by atoms with Gasteiger partial charge in [-0.05, 0) is 69.9 Å². The van der Waals surface area contributed by atoms with Gasteiger partial charge in [0.25, 0.3) is 5.91 Å². The van der Waals surface area contributed by atoms with E-state index in [2.05, 4.69) is 57.6 Å². The summed E-state index contributed by atoms with van der Waals surface area (Å²) in [5.41, 5.74) is 6.93. The third kappa shape index (κ3) is 7.29. The van der Waals surface area contributed by atoms with Crippen LogP contribution in [-0.4, -0.2) is 30.2 Å². The normalized spacial score (nSPS) is 13.8. The molecule has 0 unspecified atom stereocenters. The zero-order valence-electron chi connectivity index (χ0n) is 18.7. The molecule has 34 heavy (non-hydrogen) atoms. The van der Waals surface area contributed by atoms with E-state index < -0.39 is 0 Å². The molecule has 1 N–H and O–H groups in total. The molecule has 1 saturated heterocycles. The number of nitrogens with one attached hydrogen (secondary N) is 1. The second kappa shape index (κ2) is 12.3. The number of aryl methyl sites for hydroxylation is 1. The van der Waals surface area contributed by atoms with Gasteiger partial charge in [0.2, 0.25) is 0 Å². The predicted octanol–water partition coefficient (Wildman–Crippen LogP) is 6.34. The van der Waals surface area contributed by atoms with Crippen LogP contribution in [0.4, 0.5) is 0 Å². The number of hydrogen-bond donors (Lipinski definition) is 1. The maximum atomic E-state index is 12.1. The molecule has 4 rings (SSSR count). The number of benzene rings is 3. The van der Waals surface area contributed by atoms with E-state index >= 15 is 0 Å². The molecule has 0 spiro atoms. The highest BCUT2D eigenvalue weighted by molar-refractivity contribution is 9.10. The number of halogens is 1. The summed E-state index contributed by atoms with van der Waals surface area (Å²) >= 11 is 7.46. The Balaban J connectivity index is 1.21. The van der Waals surface area contributed by atoms with Crippen LogP contribution in [0.15, 0.2) is 76.3 Å². The number of carbonyl (C=O) groups excluding carboxylic acids is 1. The van der Waals surface area contributed by atoms with E-state index in [9.17, 15) is 4.79 Å². The number of amides is 1. The van der Waals surface area contributed by atoms with E-state index in [-0.39, 0.29) is 12.5 Å². The SMILES string of the molecule is Cc1cccc(COc2ccc(/C=N\NC(=O)COc3ccc(C4SCCS4)cc3)cc2Br)c1. The van der Waals surface area contributed by atoms with Crippen LogP contribution in [0.1, 0.15) is 26.8 Å². The topological polar surface area (TPSA) is 59.9 Å². The van der Waals surface area contributed by atoms with Crippen molar-refractivity contribution >= 4 is 51.6 Å². The molecule has 3 aromatic rings. The Morgan fingerprint density at radius 2 is 1.88 bits per heavy atom. The highest BCUT2D eigenvalue weighted by Gasteiger charge is 2.18. The van der Waals surface area contributed by atoms with Crippen molar-refractivity contribution < 1.29 is 14.3 Å². The third-order valence-corrected chi connectivity index (χ3v) is 8.70. The second-order valence-electron chi connectivity index (χ2n) is 7.69. The Bertz CT molecular complexity index is 1150. The molecule has 0 aliphatic carbocycles. The van der Waals surface area contributed by atoms with E-state index in [1.54, 1.807) is 6.21 Å². The van der Waals surface area contributed by atoms with Crippen LogP contribution in [0.3, 0.4) is 0 Å². The average Bonchev–Trinajstić information content (AvgIpc) is 3.38. The van der Waals surface area contributed by atoms with Crippen LogP contribution in [0.25, 0.3) is 0 Å². The molecule has 0 atom stereocenters. The molecule has 0 radical (unpaired) electrons. The first-order valence-electron chi connectivity index (χ1n) is 10.8. The molecule has 176 valence electrons. The highest BCUT2D eigenvalue weighted by Crippen LogP contribution is 2.45. The summed E-state index contributed by atoms with van der Waals surface area (Å²) in [7, 11) is 0. The summed E-state index contributed by atoms with van der Waals surface area (Å²) in [5, 5.41) is 4.02. The lowest BCUT2D eigenvalue weighted by molar-refractivity contribution is -0.123. The smallest absolute Gasteiger partial charge is 0.277 e. The largest absolute Gasteiger partial charge is 0.488 e. The minimum Gasteiger partial charge on any atom is -0.488 e. The molecule has 0 saturated carbocycles. The maximum Gasteiger partial charge on any atom is 0.277 e. The summed E-state index contributed by atoms with van der Waals surface area (Å²) in [6, 6.07) is 21.8. The predicted molar refractivity (Wildman–Crippen MR) is 145 cm³/mol. The molecule has 1 amide bonds. The van der Waals surface area contributed by atoms with E-state index in [0.717, 1.165) is 21.3 Å². The van der Waals surface area contributed by atoms with Crippen LogP contribution < -0.4 is 14.9 Å². The van der Waals surface area contributed by atoms with Crippen molar-refractivity contribution in [2.24, 2.45) is 5.10 Å². The molecular weight excluding hydrogens is 532 g/mol. The summed E-state index contributed by atoms with van der Waals surface area (Å²) in [6.07, 6.45) is 1.58. The zero-order valence-corrected chi connectivity index (χ0v) is 21.9. The first-order chi connectivity index (χ1) is 16.6. The lowest BCUT2D eigenvalue weighted by atomic mass is 10.1.